The number of rotatable bonds is 5. The number of thiol groups is 1. The summed E-state index contributed by atoms with van der Waals surface area (Å²) in [6.07, 6.45) is 7.35. The Hall–Kier alpha value is -1.22. The van der Waals surface area contributed by atoms with E-state index in [0.29, 0.717) is 0 Å². The summed E-state index contributed by atoms with van der Waals surface area (Å²) in [4.78, 5) is 3.65. The van der Waals surface area contributed by atoms with Crippen molar-refractivity contribution in [2.24, 2.45) is 4.99 Å². The van der Waals surface area contributed by atoms with E-state index < -0.39 is 0 Å². The van der Waals surface area contributed by atoms with E-state index in [1.165, 1.54) is 0 Å². The molecule has 0 heterocycles. The molecule has 1 N–H and O–H groups in total. The van der Waals surface area contributed by atoms with Crippen LogP contribution < -0.4 is 4.72 Å². The van der Waals surface area contributed by atoms with Gasteiger partial charge in [0.25, 0.3) is 0 Å². The molecule has 0 atom stereocenters. The van der Waals surface area contributed by atoms with Gasteiger partial charge in [-0.3, -0.25) is 4.99 Å². The average Bonchev–Trinajstić information content (AvgIpc) is 2.18. The summed E-state index contributed by atoms with van der Waals surface area (Å²) in [6.45, 7) is 11.1. The summed E-state index contributed by atoms with van der Waals surface area (Å²) in [5.74, 6) is 0. The van der Waals surface area contributed by atoms with E-state index in [0.717, 1.165) is 16.8 Å². The van der Waals surface area contributed by atoms with Gasteiger partial charge in [0.15, 0.2) is 0 Å². The number of allylic oxidation sites excluding steroid dienone is 5. The van der Waals surface area contributed by atoms with Crippen molar-refractivity contribution >= 4 is 19.5 Å². The monoisotopic (exact) mass is 208 g/mol. The zero-order valence-electron chi connectivity index (χ0n) is 8.62. The van der Waals surface area contributed by atoms with Crippen LogP contribution >= 0.6 is 12.8 Å². The third-order valence-electron chi connectivity index (χ3n) is 1.60. The van der Waals surface area contributed by atoms with Gasteiger partial charge >= 0.3 is 0 Å². The number of hydrogen-bond donors (Lipinski definition) is 2. The molecule has 0 aliphatic carbocycles. The van der Waals surface area contributed by atoms with Crippen molar-refractivity contribution in [3.05, 3.63) is 47.9 Å². The first kappa shape index (κ1) is 12.8. The van der Waals surface area contributed by atoms with Crippen LogP contribution in [0, 0.1) is 0 Å². The molecule has 0 aromatic heterocycles. The Morgan fingerprint density at radius 3 is 2.50 bits per heavy atom. The van der Waals surface area contributed by atoms with Gasteiger partial charge in [-0.05, 0) is 38.3 Å². The fraction of sp³-hybridized carbons (Fsp3) is 0.182. The van der Waals surface area contributed by atoms with Gasteiger partial charge in [-0.25, -0.2) is 0 Å². The average molecular weight is 208 g/mol. The SMILES string of the molecule is C=N\C=C/C(=C/C(=C\C)NS)C(=C)C. The maximum atomic E-state index is 3.98. The molecule has 0 amide bonds. The molecule has 0 aromatic carbocycles. The van der Waals surface area contributed by atoms with E-state index in [4.69, 9.17) is 0 Å². The Kier molecular flexibility index (Phi) is 6.58. The Morgan fingerprint density at radius 2 is 2.14 bits per heavy atom. The Balaban J connectivity index is 4.90. The summed E-state index contributed by atoms with van der Waals surface area (Å²) in [6, 6.07) is 0. The van der Waals surface area contributed by atoms with Crippen LogP contribution in [0.5, 0.6) is 0 Å². The van der Waals surface area contributed by atoms with Gasteiger partial charge in [0, 0.05) is 11.9 Å². The van der Waals surface area contributed by atoms with Crippen molar-refractivity contribution in [1.82, 2.24) is 4.72 Å². The zero-order valence-corrected chi connectivity index (χ0v) is 9.51. The highest BCUT2D eigenvalue weighted by Gasteiger charge is 1.94. The van der Waals surface area contributed by atoms with Crippen LogP contribution in [0.1, 0.15) is 13.8 Å². The molecule has 0 rings (SSSR count). The van der Waals surface area contributed by atoms with E-state index in [9.17, 15) is 0 Å². The number of aliphatic imine (C=N–C) groups is 1. The van der Waals surface area contributed by atoms with Crippen molar-refractivity contribution < 1.29 is 0 Å². The smallest absolute Gasteiger partial charge is 0.0401 e. The third-order valence-corrected chi connectivity index (χ3v) is 1.86. The molecular formula is C11H16N2S. The predicted molar refractivity (Wildman–Crippen MR) is 67.5 cm³/mol. The van der Waals surface area contributed by atoms with E-state index in [1.807, 2.05) is 32.1 Å². The highest BCUT2D eigenvalue weighted by molar-refractivity contribution is 7.78. The molecule has 0 aliphatic heterocycles. The summed E-state index contributed by atoms with van der Waals surface area (Å²) < 4.78 is 2.77. The second-order valence-electron chi connectivity index (χ2n) is 2.73. The Labute approximate surface area is 91.4 Å². The maximum Gasteiger partial charge on any atom is 0.0401 e. The lowest BCUT2D eigenvalue weighted by Gasteiger charge is -2.03. The highest BCUT2D eigenvalue weighted by Crippen LogP contribution is 2.11. The maximum absolute atomic E-state index is 3.98. The number of nitrogens with zero attached hydrogens (tertiary/aromatic N) is 1. The topological polar surface area (TPSA) is 24.4 Å². The molecule has 0 aliphatic rings. The van der Waals surface area contributed by atoms with Crippen molar-refractivity contribution in [1.29, 1.82) is 0 Å². The van der Waals surface area contributed by atoms with Crippen molar-refractivity contribution in [3.63, 3.8) is 0 Å². The largest absolute Gasteiger partial charge is 0.333 e. The molecule has 0 fully saturated rings. The number of hydrogen-bond acceptors (Lipinski definition) is 3. The summed E-state index contributed by atoms with van der Waals surface area (Å²) in [5.41, 5.74) is 2.87. The van der Waals surface area contributed by atoms with Crippen LogP contribution in [-0.2, 0) is 0 Å². The fourth-order valence-electron chi connectivity index (χ4n) is 0.794. The van der Waals surface area contributed by atoms with Crippen LogP contribution in [0.4, 0.5) is 0 Å². The first-order valence-corrected chi connectivity index (χ1v) is 4.66. The van der Waals surface area contributed by atoms with Crippen molar-refractivity contribution in [2.45, 2.75) is 13.8 Å². The molecule has 14 heavy (non-hydrogen) atoms. The lowest BCUT2D eigenvalue weighted by molar-refractivity contribution is 1.26. The standard InChI is InChI=1S/C11H16N2S/c1-5-11(13-14)8-10(9(2)3)6-7-12-4/h5-8,13-14H,2,4H2,1,3H3/b7-6-,10-8-,11-5+. The zero-order chi connectivity index (χ0) is 11.0. The van der Waals surface area contributed by atoms with Crippen LogP contribution in [0.15, 0.2) is 52.8 Å². The highest BCUT2D eigenvalue weighted by atomic mass is 32.1. The molecule has 0 saturated carbocycles. The lowest BCUT2D eigenvalue weighted by Crippen LogP contribution is -1.96. The van der Waals surface area contributed by atoms with Crippen molar-refractivity contribution in [3.8, 4) is 0 Å². The summed E-state index contributed by atoms with van der Waals surface area (Å²) >= 11 is 3.98. The van der Waals surface area contributed by atoms with Gasteiger partial charge in [-0.1, -0.05) is 31.0 Å². The first-order chi connectivity index (χ1) is 6.65. The van der Waals surface area contributed by atoms with Gasteiger partial charge < -0.3 is 4.72 Å². The fourth-order valence-corrected chi connectivity index (χ4v) is 0.988. The number of nitrogens with one attached hydrogen (secondary N) is 1. The van der Waals surface area contributed by atoms with Gasteiger partial charge in [-0.15, -0.1) is 0 Å². The summed E-state index contributed by atoms with van der Waals surface area (Å²) in [5, 5.41) is 0. The van der Waals surface area contributed by atoms with Gasteiger partial charge in [0.1, 0.15) is 0 Å². The van der Waals surface area contributed by atoms with Crippen LogP contribution in [0.25, 0.3) is 0 Å². The molecule has 0 unspecified atom stereocenters. The van der Waals surface area contributed by atoms with Crippen molar-refractivity contribution in [2.75, 3.05) is 0 Å². The Bertz CT molecular complexity index is 298. The van der Waals surface area contributed by atoms with E-state index >= 15 is 0 Å². The second kappa shape index (κ2) is 7.21. The minimum Gasteiger partial charge on any atom is -0.333 e. The van der Waals surface area contributed by atoms with Crippen LogP contribution in [0.2, 0.25) is 0 Å². The Morgan fingerprint density at radius 1 is 1.50 bits per heavy atom. The molecule has 2 nitrogen and oxygen atoms in total. The lowest BCUT2D eigenvalue weighted by atomic mass is 10.1. The normalized spacial score (nSPS) is 13.1. The minimum absolute atomic E-state index is 0.917. The molecule has 3 heteroatoms. The molecule has 76 valence electrons. The second-order valence-corrected chi connectivity index (χ2v) is 2.96. The molecular weight excluding hydrogens is 192 g/mol. The van der Waals surface area contributed by atoms with E-state index in [2.05, 4.69) is 35.8 Å². The molecule has 0 spiro atoms. The van der Waals surface area contributed by atoms with Gasteiger partial charge in [0.05, 0.1) is 0 Å². The van der Waals surface area contributed by atoms with Gasteiger partial charge in [-0.2, -0.15) is 0 Å². The van der Waals surface area contributed by atoms with E-state index in [-0.39, 0.29) is 0 Å². The summed E-state index contributed by atoms with van der Waals surface area (Å²) in [7, 11) is 0. The molecule has 0 radical (unpaired) electrons. The predicted octanol–water partition coefficient (Wildman–Crippen LogP) is 3.04. The van der Waals surface area contributed by atoms with Gasteiger partial charge in [0.2, 0.25) is 0 Å². The first-order valence-electron chi connectivity index (χ1n) is 4.22. The molecule has 0 bridgehead atoms. The molecule has 0 aromatic rings. The van der Waals surface area contributed by atoms with E-state index in [1.54, 1.807) is 6.20 Å². The minimum atomic E-state index is 0.917. The quantitative estimate of drug-likeness (QED) is 0.405. The molecule has 0 saturated heterocycles. The van der Waals surface area contributed by atoms with Crippen LogP contribution in [-0.4, -0.2) is 6.72 Å². The van der Waals surface area contributed by atoms with Crippen LogP contribution in [0.3, 0.4) is 0 Å². The third kappa shape index (κ3) is 4.72.